The van der Waals surface area contributed by atoms with E-state index in [1.807, 2.05) is 45.0 Å². The molecule has 1 aromatic carbocycles. The van der Waals surface area contributed by atoms with Gasteiger partial charge in [-0.1, -0.05) is 67.6 Å². The Bertz CT molecular complexity index is 1550. The number of halogens is 1. The Morgan fingerprint density at radius 3 is 2.52 bits per heavy atom. The van der Waals surface area contributed by atoms with Crippen molar-refractivity contribution in [2.75, 3.05) is 13.2 Å². The lowest BCUT2D eigenvalue weighted by molar-refractivity contribution is -0.150. The molecule has 1 aromatic heterocycles. The van der Waals surface area contributed by atoms with E-state index in [-0.39, 0.29) is 37.3 Å². The Morgan fingerprint density at radius 2 is 1.91 bits per heavy atom. The van der Waals surface area contributed by atoms with Crippen LogP contribution in [0.4, 0.5) is 0 Å². The molecule has 248 valence electrons. The van der Waals surface area contributed by atoms with Crippen LogP contribution in [0.2, 0.25) is 0 Å². The van der Waals surface area contributed by atoms with Crippen LogP contribution in [0.25, 0.3) is 10.1 Å². The van der Waals surface area contributed by atoms with Crippen LogP contribution in [0.1, 0.15) is 75.0 Å². The molecule has 0 radical (unpaired) electrons. The summed E-state index contributed by atoms with van der Waals surface area (Å²) in [5, 5.41) is 9.98. The second kappa shape index (κ2) is 13.6. The fourth-order valence-corrected chi connectivity index (χ4v) is 8.46. The minimum atomic E-state index is -1.24. The first-order valence-corrected chi connectivity index (χ1v) is 18.3. The van der Waals surface area contributed by atoms with Crippen LogP contribution in [0.3, 0.4) is 0 Å². The van der Waals surface area contributed by atoms with Crippen LogP contribution in [-0.2, 0) is 28.3 Å². The van der Waals surface area contributed by atoms with E-state index in [9.17, 15) is 24.0 Å². The van der Waals surface area contributed by atoms with E-state index in [4.69, 9.17) is 4.74 Å². The largest absolute Gasteiger partial charge is 0.464 e. The summed E-state index contributed by atoms with van der Waals surface area (Å²) in [4.78, 5) is 69.9. The van der Waals surface area contributed by atoms with Gasteiger partial charge < -0.3 is 25.6 Å². The van der Waals surface area contributed by atoms with Gasteiger partial charge >= 0.3 is 5.97 Å². The number of esters is 1. The van der Waals surface area contributed by atoms with Crippen LogP contribution in [-0.4, -0.2) is 71.3 Å². The van der Waals surface area contributed by atoms with Crippen molar-refractivity contribution in [2.45, 2.75) is 87.9 Å². The van der Waals surface area contributed by atoms with E-state index in [0.29, 0.717) is 28.1 Å². The molecule has 2 unspecified atom stereocenters. The highest BCUT2D eigenvalue weighted by atomic mass is 127. The molecule has 1 aliphatic heterocycles. The first-order chi connectivity index (χ1) is 21.8. The van der Waals surface area contributed by atoms with Gasteiger partial charge in [0, 0.05) is 34.1 Å². The van der Waals surface area contributed by atoms with Crippen molar-refractivity contribution < 1.29 is 28.7 Å². The summed E-state index contributed by atoms with van der Waals surface area (Å²) >= 11 is 3.68. The van der Waals surface area contributed by atoms with Gasteiger partial charge in [0.25, 0.3) is 5.91 Å². The summed E-state index contributed by atoms with van der Waals surface area (Å²) < 4.78 is 6.95. The number of rotatable bonds is 12. The highest BCUT2D eigenvalue weighted by molar-refractivity contribution is 14.1. The van der Waals surface area contributed by atoms with Crippen LogP contribution in [0.5, 0.6) is 0 Å². The maximum atomic E-state index is 14.3. The standard InChI is InChI=1S/C34H43IN4O6S/c1-6-20-16-34(20,32(44)45-7-2)38-29(41)24-15-21(36-30(42)27-23(17-35)22-10-8-9-11-25(22)46-27)18-39(24)31(43)28(33(3,4)5)37-26(40)14-19-12-13-19/h6,8-11,19-21,24,28H,1,7,12-18H2,2-5H3,(H,36,42)(H,37,40)(H,38,41)/t20?,21-,24+,28-,34?/m1/s1. The quantitative estimate of drug-likeness (QED) is 0.126. The molecule has 0 spiro atoms. The van der Waals surface area contributed by atoms with Gasteiger partial charge in [0.15, 0.2) is 0 Å². The van der Waals surface area contributed by atoms with Crippen molar-refractivity contribution in [2.24, 2.45) is 17.3 Å². The monoisotopic (exact) mass is 762 g/mol. The van der Waals surface area contributed by atoms with E-state index >= 15 is 0 Å². The average Bonchev–Trinajstić information content (AvgIpc) is 3.88. The smallest absolute Gasteiger partial charge is 0.332 e. The predicted octanol–water partition coefficient (Wildman–Crippen LogP) is 4.49. The normalized spacial score (nSPS) is 24.6. The summed E-state index contributed by atoms with van der Waals surface area (Å²) in [7, 11) is 0. The number of carbonyl (C=O) groups is 5. The van der Waals surface area contributed by atoms with E-state index in [2.05, 4.69) is 45.1 Å². The van der Waals surface area contributed by atoms with Gasteiger partial charge in [-0.15, -0.1) is 17.9 Å². The fraction of sp³-hybridized carbons (Fsp3) is 0.559. The zero-order chi connectivity index (χ0) is 33.4. The minimum Gasteiger partial charge on any atom is -0.464 e. The molecule has 2 heterocycles. The molecule has 4 amide bonds. The molecule has 2 aliphatic carbocycles. The van der Waals surface area contributed by atoms with Gasteiger partial charge in [0.1, 0.15) is 17.6 Å². The lowest BCUT2D eigenvalue weighted by Gasteiger charge is -2.35. The topological polar surface area (TPSA) is 134 Å². The number of hydrogen-bond acceptors (Lipinski definition) is 7. The zero-order valence-corrected chi connectivity index (χ0v) is 29.8. The Morgan fingerprint density at radius 1 is 1.20 bits per heavy atom. The van der Waals surface area contributed by atoms with Gasteiger partial charge in [-0.25, -0.2) is 4.79 Å². The third kappa shape index (κ3) is 7.12. The number of amides is 4. The third-order valence-electron chi connectivity index (χ3n) is 9.13. The Kier molecular flexibility index (Phi) is 10.2. The molecule has 12 heteroatoms. The molecule has 1 saturated heterocycles. The van der Waals surface area contributed by atoms with Gasteiger partial charge in [-0.05, 0) is 61.0 Å². The second-order valence-electron chi connectivity index (χ2n) is 13.7. The number of ether oxygens (including phenoxy) is 1. The minimum absolute atomic E-state index is 0.0789. The number of hydrogen-bond donors (Lipinski definition) is 3. The molecule has 2 aromatic rings. The van der Waals surface area contributed by atoms with Crippen molar-refractivity contribution in [3.8, 4) is 0 Å². The zero-order valence-electron chi connectivity index (χ0n) is 26.8. The molecule has 3 fully saturated rings. The number of nitrogens with zero attached hydrogens (tertiary/aromatic N) is 1. The number of fused-ring (bicyclic) bond motifs is 1. The number of nitrogens with one attached hydrogen (secondary N) is 3. The first-order valence-electron chi connectivity index (χ1n) is 15.9. The van der Waals surface area contributed by atoms with Crippen molar-refractivity contribution >= 4 is 73.6 Å². The van der Waals surface area contributed by atoms with E-state index in [0.717, 1.165) is 28.5 Å². The summed E-state index contributed by atoms with van der Waals surface area (Å²) in [5.41, 5.74) is -0.939. The van der Waals surface area contributed by atoms with Crippen molar-refractivity contribution in [3.63, 3.8) is 0 Å². The number of thiophene rings is 1. The molecule has 3 N–H and O–H groups in total. The lowest BCUT2D eigenvalue weighted by Crippen LogP contribution is -2.59. The van der Waals surface area contributed by atoms with E-state index in [1.54, 1.807) is 13.0 Å². The van der Waals surface area contributed by atoms with Crippen LogP contribution in [0.15, 0.2) is 36.9 Å². The maximum absolute atomic E-state index is 14.3. The van der Waals surface area contributed by atoms with Gasteiger partial charge in [-0.2, -0.15) is 0 Å². The van der Waals surface area contributed by atoms with Crippen LogP contribution < -0.4 is 16.0 Å². The lowest BCUT2D eigenvalue weighted by atomic mass is 9.85. The number of alkyl halides is 1. The van der Waals surface area contributed by atoms with E-state index in [1.165, 1.54) is 16.2 Å². The second-order valence-corrected chi connectivity index (χ2v) is 15.5. The molecule has 5 atom stereocenters. The first kappa shape index (κ1) is 34.3. The summed E-state index contributed by atoms with van der Waals surface area (Å²) in [6.45, 7) is 11.4. The van der Waals surface area contributed by atoms with Crippen LogP contribution in [0, 0.1) is 17.3 Å². The Labute approximate surface area is 287 Å². The number of benzene rings is 1. The maximum Gasteiger partial charge on any atom is 0.332 e. The van der Waals surface area contributed by atoms with Gasteiger partial charge in [0.2, 0.25) is 17.7 Å². The molecular formula is C34H43IN4O6S. The summed E-state index contributed by atoms with van der Waals surface area (Å²) in [5.74, 6) is -1.83. The Hall–Kier alpha value is -3.00. The molecular weight excluding hydrogens is 719 g/mol. The molecule has 2 saturated carbocycles. The van der Waals surface area contributed by atoms with E-state index < -0.39 is 46.9 Å². The number of likely N-dealkylation sites (tertiary alicyclic amines) is 1. The number of carbonyl (C=O) groups excluding carboxylic acids is 5. The fourth-order valence-electron chi connectivity index (χ4n) is 6.28. The molecule has 46 heavy (non-hydrogen) atoms. The Balaban J connectivity index is 1.41. The molecule has 3 aliphatic rings. The third-order valence-corrected chi connectivity index (χ3v) is 11.1. The summed E-state index contributed by atoms with van der Waals surface area (Å²) in [6.07, 6.45) is 4.50. The predicted molar refractivity (Wildman–Crippen MR) is 185 cm³/mol. The van der Waals surface area contributed by atoms with Crippen molar-refractivity contribution in [1.82, 2.24) is 20.9 Å². The van der Waals surface area contributed by atoms with Gasteiger partial charge in [0.05, 0.1) is 11.5 Å². The molecule has 10 nitrogen and oxygen atoms in total. The summed E-state index contributed by atoms with van der Waals surface area (Å²) in [6, 6.07) is 5.48. The van der Waals surface area contributed by atoms with Crippen molar-refractivity contribution in [3.05, 3.63) is 47.4 Å². The average molecular weight is 763 g/mol. The van der Waals surface area contributed by atoms with Gasteiger partial charge in [-0.3, -0.25) is 19.2 Å². The SMILES string of the molecule is C=CC1CC1(NC(=O)[C@@H]1C[C@@H](NC(=O)c2sc3ccccc3c2CI)CN1C(=O)[C@@H](NC(=O)CC1CC1)C(C)(C)C)C(=O)OCC. The molecule has 0 bridgehead atoms. The van der Waals surface area contributed by atoms with Crippen molar-refractivity contribution in [1.29, 1.82) is 0 Å². The highest BCUT2D eigenvalue weighted by Gasteiger charge is 2.62. The molecule has 5 rings (SSSR count). The van der Waals surface area contributed by atoms with Crippen LogP contribution >= 0.6 is 33.9 Å². The highest BCUT2D eigenvalue weighted by Crippen LogP contribution is 2.46.